The van der Waals surface area contributed by atoms with Crippen LogP contribution in [0.25, 0.3) is 0 Å². The van der Waals surface area contributed by atoms with Crippen LogP contribution in [-0.2, 0) is 22.9 Å². The molecule has 32 heavy (non-hydrogen) atoms. The highest BCUT2D eigenvalue weighted by atomic mass is 32.2. The SMILES string of the molecule is NS(=O)(=O)c1cccc(NC(=O)c2cc3c(nc2N2CC4CC2CCC4(F)F)CCC3)c1. The molecule has 0 radical (unpaired) electrons. The lowest BCUT2D eigenvalue weighted by molar-refractivity contribution is -0.0709. The van der Waals surface area contributed by atoms with Gasteiger partial charge in [0, 0.05) is 36.3 Å². The molecule has 2 aliphatic carbocycles. The zero-order valence-electron chi connectivity index (χ0n) is 17.4. The Morgan fingerprint density at radius 2 is 2.06 bits per heavy atom. The maximum atomic E-state index is 14.3. The molecule has 1 amide bonds. The van der Waals surface area contributed by atoms with E-state index in [-0.39, 0.29) is 29.6 Å². The van der Waals surface area contributed by atoms with Gasteiger partial charge >= 0.3 is 0 Å². The molecule has 2 heterocycles. The number of rotatable bonds is 4. The third-order valence-corrected chi connectivity index (χ3v) is 7.70. The number of aromatic nitrogens is 1. The van der Waals surface area contributed by atoms with Crippen molar-refractivity contribution in [2.24, 2.45) is 11.1 Å². The first-order valence-corrected chi connectivity index (χ1v) is 12.3. The molecular formula is C22H24F2N4O3S. The minimum atomic E-state index is -3.92. The van der Waals surface area contributed by atoms with Crippen molar-refractivity contribution in [3.8, 4) is 0 Å². The van der Waals surface area contributed by atoms with Crippen LogP contribution in [-0.4, -0.2) is 37.8 Å². The van der Waals surface area contributed by atoms with Crippen molar-refractivity contribution in [3.63, 3.8) is 0 Å². The Balaban J connectivity index is 1.50. The maximum Gasteiger partial charge on any atom is 0.259 e. The Morgan fingerprint density at radius 1 is 1.25 bits per heavy atom. The summed E-state index contributed by atoms with van der Waals surface area (Å²) in [5.74, 6) is -3.45. The summed E-state index contributed by atoms with van der Waals surface area (Å²) in [6.45, 7) is 0.171. The number of nitrogens with one attached hydrogen (secondary N) is 1. The van der Waals surface area contributed by atoms with Crippen LogP contribution >= 0.6 is 0 Å². The number of nitrogens with two attached hydrogens (primary N) is 1. The molecule has 2 bridgehead atoms. The minimum absolute atomic E-state index is 0.0659. The zero-order valence-corrected chi connectivity index (χ0v) is 18.2. The molecule has 5 rings (SSSR count). The number of sulfonamides is 1. The number of carbonyl (C=O) groups excluding carboxylic acids is 1. The standard InChI is InChI=1S/C22H24F2N4O3S/c23-22(24)8-7-16-10-14(22)12-28(16)20-18(9-13-3-1-6-19(13)27-20)21(29)26-15-4-2-5-17(11-15)32(25,30)31/h2,4-5,9,11,14,16H,1,3,6-8,10,12H2,(H,26,29)(H2,25,30,31). The molecule has 2 fully saturated rings. The predicted molar refractivity (Wildman–Crippen MR) is 115 cm³/mol. The van der Waals surface area contributed by atoms with E-state index in [1.165, 1.54) is 18.2 Å². The summed E-state index contributed by atoms with van der Waals surface area (Å²) in [5.41, 5.74) is 2.51. The van der Waals surface area contributed by atoms with Gasteiger partial charge < -0.3 is 10.2 Å². The molecule has 0 spiro atoms. The van der Waals surface area contributed by atoms with Crippen LogP contribution in [0.15, 0.2) is 35.2 Å². The normalized spacial score (nSPS) is 23.8. The van der Waals surface area contributed by atoms with Crippen molar-refractivity contribution in [2.45, 2.75) is 55.4 Å². The summed E-state index contributed by atoms with van der Waals surface area (Å²) >= 11 is 0. The first kappa shape index (κ1) is 21.3. The van der Waals surface area contributed by atoms with Crippen molar-refractivity contribution in [1.82, 2.24) is 4.98 Å². The van der Waals surface area contributed by atoms with Crippen LogP contribution < -0.4 is 15.4 Å². The van der Waals surface area contributed by atoms with Crippen molar-refractivity contribution < 1.29 is 22.0 Å². The van der Waals surface area contributed by atoms with Gasteiger partial charge in [-0.05, 0) is 61.9 Å². The summed E-state index contributed by atoms with van der Waals surface area (Å²) in [4.78, 5) is 19.8. The zero-order chi connectivity index (χ0) is 22.7. The molecule has 3 N–H and O–H groups in total. The molecule has 170 valence electrons. The molecule has 1 saturated heterocycles. The molecule has 1 aliphatic heterocycles. The topological polar surface area (TPSA) is 105 Å². The smallest absolute Gasteiger partial charge is 0.259 e. The number of amides is 1. The number of anilines is 2. The van der Waals surface area contributed by atoms with Crippen LogP contribution in [0.1, 0.15) is 47.3 Å². The van der Waals surface area contributed by atoms with Gasteiger partial charge in [0.05, 0.1) is 10.5 Å². The van der Waals surface area contributed by atoms with E-state index in [1.807, 2.05) is 11.0 Å². The number of aryl methyl sites for hydroxylation is 2. The third-order valence-electron chi connectivity index (χ3n) is 6.79. The highest BCUT2D eigenvalue weighted by Crippen LogP contribution is 2.47. The number of hydrogen-bond donors (Lipinski definition) is 2. The quantitative estimate of drug-likeness (QED) is 0.727. The molecule has 7 nitrogen and oxygen atoms in total. The monoisotopic (exact) mass is 462 g/mol. The number of fused-ring (bicyclic) bond motifs is 3. The number of primary sulfonamides is 1. The van der Waals surface area contributed by atoms with Crippen molar-refractivity contribution >= 4 is 27.4 Å². The van der Waals surface area contributed by atoms with Gasteiger partial charge in [-0.2, -0.15) is 0 Å². The van der Waals surface area contributed by atoms with Gasteiger partial charge in [-0.15, -0.1) is 0 Å². The fourth-order valence-electron chi connectivity index (χ4n) is 5.12. The van der Waals surface area contributed by atoms with Crippen LogP contribution in [0, 0.1) is 5.92 Å². The number of nitrogens with zero attached hydrogens (tertiary/aromatic N) is 2. The summed E-state index contributed by atoms with van der Waals surface area (Å²) < 4.78 is 51.9. The summed E-state index contributed by atoms with van der Waals surface area (Å²) in [7, 11) is -3.92. The summed E-state index contributed by atoms with van der Waals surface area (Å²) in [6.07, 6.45) is 3.16. The first-order valence-electron chi connectivity index (χ1n) is 10.7. The van der Waals surface area contributed by atoms with E-state index >= 15 is 0 Å². The summed E-state index contributed by atoms with van der Waals surface area (Å²) in [5, 5.41) is 7.92. The fourth-order valence-corrected chi connectivity index (χ4v) is 5.67. The van der Waals surface area contributed by atoms with E-state index < -0.39 is 27.8 Å². The predicted octanol–water partition coefficient (Wildman–Crippen LogP) is 3.09. The molecular weight excluding hydrogens is 438 g/mol. The van der Waals surface area contributed by atoms with E-state index in [1.54, 1.807) is 6.07 Å². The average molecular weight is 463 g/mol. The fraction of sp³-hybridized carbons (Fsp3) is 0.455. The van der Waals surface area contributed by atoms with Crippen molar-refractivity contribution in [1.29, 1.82) is 0 Å². The van der Waals surface area contributed by atoms with Gasteiger partial charge in [-0.25, -0.2) is 27.3 Å². The summed E-state index contributed by atoms with van der Waals surface area (Å²) in [6, 6.07) is 7.43. The Bertz CT molecular complexity index is 1200. The number of alkyl halides is 2. The second kappa shape index (κ2) is 7.48. The molecule has 2 atom stereocenters. The molecule has 3 aliphatic rings. The molecule has 2 unspecified atom stereocenters. The Kier molecular flexibility index (Phi) is 4.97. The Morgan fingerprint density at radius 3 is 2.81 bits per heavy atom. The molecule has 1 aromatic carbocycles. The number of halogens is 2. The highest BCUT2D eigenvalue weighted by Gasteiger charge is 2.52. The van der Waals surface area contributed by atoms with Crippen LogP contribution in [0.5, 0.6) is 0 Å². The van der Waals surface area contributed by atoms with Gasteiger partial charge in [-0.1, -0.05) is 6.07 Å². The third kappa shape index (κ3) is 3.75. The van der Waals surface area contributed by atoms with Gasteiger partial charge in [0.2, 0.25) is 10.0 Å². The van der Waals surface area contributed by atoms with Crippen molar-refractivity contribution in [2.75, 3.05) is 16.8 Å². The molecule has 1 saturated carbocycles. The lowest BCUT2D eigenvalue weighted by Gasteiger charge is -2.29. The lowest BCUT2D eigenvalue weighted by atomic mass is 9.87. The van der Waals surface area contributed by atoms with Gasteiger partial charge in [0.15, 0.2) is 0 Å². The van der Waals surface area contributed by atoms with E-state index in [0.717, 1.165) is 30.5 Å². The van der Waals surface area contributed by atoms with Gasteiger partial charge in [0.1, 0.15) is 5.82 Å². The molecule has 10 heteroatoms. The van der Waals surface area contributed by atoms with Crippen LogP contribution in [0.3, 0.4) is 0 Å². The number of pyridine rings is 1. The Labute approximate surface area is 185 Å². The van der Waals surface area contributed by atoms with Crippen LogP contribution in [0.4, 0.5) is 20.3 Å². The van der Waals surface area contributed by atoms with E-state index in [9.17, 15) is 22.0 Å². The minimum Gasteiger partial charge on any atom is -0.352 e. The van der Waals surface area contributed by atoms with E-state index in [0.29, 0.717) is 24.2 Å². The van der Waals surface area contributed by atoms with E-state index in [2.05, 4.69) is 5.32 Å². The maximum absolute atomic E-state index is 14.3. The van der Waals surface area contributed by atoms with Crippen molar-refractivity contribution in [3.05, 3.63) is 47.2 Å². The molecule has 2 aromatic rings. The first-order chi connectivity index (χ1) is 15.1. The number of benzene rings is 1. The van der Waals surface area contributed by atoms with Gasteiger partial charge in [-0.3, -0.25) is 4.79 Å². The lowest BCUT2D eigenvalue weighted by Crippen LogP contribution is -2.33. The Hall–Kier alpha value is -2.59. The average Bonchev–Trinajstić information content (AvgIpc) is 3.35. The second-order valence-electron chi connectivity index (χ2n) is 8.88. The highest BCUT2D eigenvalue weighted by molar-refractivity contribution is 7.89. The van der Waals surface area contributed by atoms with Crippen LogP contribution in [0.2, 0.25) is 0 Å². The second-order valence-corrected chi connectivity index (χ2v) is 10.4. The molecule has 1 aromatic heterocycles. The van der Waals surface area contributed by atoms with Gasteiger partial charge in [0.25, 0.3) is 11.8 Å². The van der Waals surface area contributed by atoms with E-state index in [4.69, 9.17) is 10.1 Å². The largest absolute Gasteiger partial charge is 0.352 e. The number of hydrogen-bond acceptors (Lipinski definition) is 5. The number of carbonyl (C=O) groups is 1.